The number of hydrogen-bond donors (Lipinski definition) is 1. The summed E-state index contributed by atoms with van der Waals surface area (Å²) in [7, 11) is 1.63. The smallest absolute Gasteiger partial charge is 0.122 e. The second-order valence-corrected chi connectivity index (χ2v) is 4.02. The summed E-state index contributed by atoms with van der Waals surface area (Å²) in [6.45, 7) is 1.86. The van der Waals surface area contributed by atoms with Gasteiger partial charge < -0.3 is 14.3 Å². The van der Waals surface area contributed by atoms with Crippen molar-refractivity contribution in [1.29, 1.82) is 0 Å². The fourth-order valence-electron chi connectivity index (χ4n) is 1.84. The van der Waals surface area contributed by atoms with Crippen molar-refractivity contribution in [2.24, 2.45) is 0 Å². The van der Waals surface area contributed by atoms with Crippen LogP contribution >= 0.6 is 0 Å². The maximum Gasteiger partial charge on any atom is 0.122 e. The highest BCUT2D eigenvalue weighted by atomic mass is 16.5. The molecule has 3 heteroatoms. The first-order valence-corrected chi connectivity index (χ1v) is 5.55. The maximum atomic E-state index is 10.1. The molecule has 0 bridgehead atoms. The van der Waals surface area contributed by atoms with Gasteiger partial charge in [0, 0.05) is 12.0 Å². The molecule has 17 heavy (non-hydrogen) atoms. The van der Waals surface area contributed by atoms with E-state index < -0.39 is 6.10 Å². The molecule has 0 aliphatic carbocycles. The highest BCUT2D eigenvalue weighted by Gasteiger charge is 2.13. The van der Waals surface area contributed by atoms with Crippen LogP contribution in [-0.4, -0.2) is 12.2 Å². The first-order chi connectivity index (χ1) is 8.20. The second-order valence-electron chi connectivity index (χ2n) is 4.02. The molecule has 1 N–H and O–H groups in total. The number of ether oxygens (including phenoxy) is 1. The number of hydrogen-bond acceptors (Lipinski definition) is 3. The van der Waals surface area contributed by atoms with E-state index in [0.717, 1.165) is 22.6 Å². The van der Waals surface area contributed by atoms with E-state index in [1.807, 2.05) is 37.3 Å². The van der Waals surface area contributed by atoms with E-state index in [1.54, 1.807) is 13.4 Å². The zero-order valence-corrected chi connectivity index (χ0v) is 10.0. The Bertz CT molecular complexity index is 488. The summed E-state index contributed by atoms with van der Waals surface area (Å²) in [5, 5.41) is 10.1. The minimum absolute atomic E-state index is 0.517. The van der Waals surface area contributed by atoms with Crippen LogP contribution in [0, 0.1) is 6.92 Å². The Morgan fingerprint density at radius 3 is 2.76 bits per heavy atom. The number of furan rings is 1. The van der Waals surface area contributed by atoms with Gasteiger partial charge in [-0.2, -0.15) is 0 Å². The average molecular weight is 232 g/mol. The molecular weight excluding hydrogens is 216 g/mol. The van der Waals surface area contributed by atoms with E-state index in [0.29, 0.717) is 6.42 Å². The van der Waals surface area contributed by atoms with Gasteiger partial charge >= 0.3 is 0 Å². The largest absolute Gasteiger partial charge is 0.496 e. The minimum Gasteiger partial charge on any atom is -0.496 e. The van der Waals surface area contributed by atoms with Gasteiger partial charge in [-0.25, -0.2) is 0 Å². The van der Waals surface area contributed by atoms with Gasteiger partial charge in [0.2, 0.25) is 0 Å². The standard InChI is InChI=1S/C14H16O3/c1-10-7-12(9-17-10)13(15)8-11-5-3-4-6-14(11)16-2/h3-7,9,13,15H,8H2,1-2H3. The van der Waals surface area contributed by atoms with Crippen LogP contribution in [0.5, 0.6) is 5.75 Å². The predicted molar refractivity (Wildman–Crippen MR) is 65.1 cm³/mol. The van der Waals surface area contributed by atoms with Gasteiger partial charge in [-0.05, 0) is 24.6 Å². The number of para-hydroxylation sites is 1. The Labute approximate surface area is 101 Å². The molecule has 1 unspecified atom stereocenters. The Morgan fingerprint density at radius 2 is 2.12 bits per heavy atom. The number of rotatable bonds is 4. The average Bonchev–Trinajstić information content (AvgIpc) is 2.77. The molecule has 3 nitrogen and oxygen atoms in total. The molecule has 0 spiro atoms. The molecule has 0 amide bonds. The highest BCUT2D eigenvalue weighted by molar-refractivity contribution is 5.34. The molecule has 0 fully saturated rings. The van der Waals surface area contributed by atoms with E-state index in [4.69, 9.17) is 9.15 Å². The molecule has 90 valence electrons. The Hall–Kier alpha value is -1.74. The van der Waals surface area contributed by atoms with Gasteiger partial charge in [0.25, 0.3) is 0 Å². The normalized spacial score (nSPS) is 12.4. The molecule has 0 saturated carbocycles. The number of benzene rings is 1. The molecule has 0 saturated heterocycles. The van der Waals surface area contributed by atoms with Crippen LogP contribution in [-0.2, 0) is 6.42 Å². The number of aliphatic hydroxyl groups excluding tert-OH is 1. The first kappa shape index (κ1) is 11.7. The third kappa shape index (κ3) is 2.68. The zero-order chi connectivity index (χ0) is 12.3. The predicted octanol–water partition coefficient (Wildman–Crippen LogP) is 2.87. The van der Waals surface area contributed by atoms with E-state index >= 15 is 0 Å². The topological polar surface area (TPSA) is 42.6 Å². The molecule has 0 radical (unpaired) electrons. The molecule has 1 heterocycles. The van der Waals surface area contributed by atoms with Crippen molar-refractivity contribution in [1.82, 2.24) is 0 Å². The van der Waals surface area contributed by atoms with Crippen molar-refractivity contribution in [2.45, 2.75) is 19.4 Å². The summed E-state index contributed by atoms with van der Waals surface area (Å²) < 4.78 is 10.4. The molecule has 1 aromatic heterocycles. The third-order valence-corrected chi connectivity index (χ3v) is 2.74. The summed E-state index contributed by atoms with van der Waals surface area (Å²) in [6, 6.07) is 9.54. The summed E-state index contributed by atoms with van der Waals surface area (Å²) in [6.07, 6.45) is 1.54. The Morgan fingerprint density at radius 1 is 1.35 bits per heavy atom. The van der Waals surface area contributed by atoms with Crippen molar-refractivity contribution < 1.29 is 14.3 Å². The van der Waals surface area contributed by atoms with Crippen molar-refractivity contribution in [3.05, 3.63) is 53.5 Å². The number of aliphatic hydroxyl groups is 1. The van der Waals surface area contributed by atoms with E-state index in [9.17, 15) is 5.11 Å². The lowest BCUT2D eigenvalue weighted by atomic mass is 10.0. The second kappa shape index (κ2) is 5.06. The van der Waals surface area contributed by atoms with Crippen molar-refractivity contribution in [3.8, 4) is 5.75 Å². The van der Waals surface area contributed by atoms with Gasteiger partial charge in [-0.1, -0.05) is 18.2 Å². The molecule has 0 aliphatic rings. The molecule has 0 aliphatic heterocycles. The van der Waals surface area contributed by atoms with Crippen LogP contribution < -0.4 is 4.74 Å². The van der Waals surface area contributed by atoms with Crippen LogP contribution in [0.1, 0.15) is 23.0 Å². The molecule has 1 atom stereocenters. The van der Waals surface area contributed by atoms with Gasteiger partial charge in [0.1, 0.15) is 11.5 Å². The van der Waals surface area contributed by atoms with E-state index in [1.165, 1.54) is 0 Å². The zero-order valence-electron chi connectivity index (χ0n) is 10.0. The van der Waals surface area contributed by atoms with Crippen LogP contribution in [0.4, 0.5) is 0 Å². The molecule has 1 aromatic carbocycles. The molecular formula is C14H16O3. The van der Waals surface area contributed by atoms with E-state index in [-0.39, 0.29) is 0 Å². The SMILES string of the molecule is COc1ccccc1CC(O)c1coc(C)c1. The van der Waals surface area contributed by atoms with E-state index in [2.05, 4.69) is 0 Å². The quantitative estimate of drug-likeness (QED) is 0.881. The van der Waals surface area contributed by atoms with Gasteiger partial charge in [0.15, 0.2) is 0 Å². The third-order valence-electron chi connectivity index (χ3n) is 2.74. The monoisotopic (exact) mass is 232 g/mol. The summed E-state index contributed by atoms with van der Waals surface area (Å²) in [4.78, 5) is 0. The summed E-state index contributed by atoms with van der Waals surface area (Å²) >= 11 is 0. The van der Waals surface area contributed by atoms with Crippen molar-refractivity contribution >= 4 is 0 Å². The minimum atomic E-state index is -0.566. The lowest BCUT2D eigenvalue weighted by Gasteiger charge is -2.11. The van der Waals surface area contributed by atoms with Gasteiger partial charge in [-0.15, -0.1) is 0 Å². The lowest BCUT2D eigenvalue weighted by molar-refractivity contribution is 0.176. The fourth-order valence-corrected chi connectivity index (χ4v) is 1.84. The van der Waals surface area contributed by atoms with Crippen molar-refractivity contribution in [2.75, 3.05) is 7.11 Å². The Kier molecular flexibility index (Phi) is 3.49. The molecule has 2 rings (SSSR count). The van der Waals surface area contributed by atoms with Crippen molar-refractivity contribution in [3.63, 3.8) is 0 Å². The molecule has 2 aromatic rings. The fraction of sp³-hybridized carbons (Fsp3) is 0.286. The van der Waals surface area contributed by atoms with Crippen LogP contribution in [0.2, 0.25) is 0 Å². The van der Waals surface area contributed by atoms with Gasteiger partial charge in [0.05, 0.1) is 19.5 Å². The Balaban J connectivity index is 2.15. The van der Waals surface area contributed by atoms with Crippen LogP contribution in [0.25, 0.3) is 0 Å². The summed E-state index contributed by atoms with van der Waals surface area (Å²) in [5.41, 5.74) is 1.79. The van der Waals surface area contributed by atoms with Crippen LogP contribution in [0.3, 0.4) is 0 Å². The number of aryl methyl sites for hydroxylation is 1. The highest BCUT2D eigenvalue weighted by Crippen LogP contribution is 2.25. The lowest BCUT2D eigenvalue weighted by Crippen LogP contribution is -2.02. The first-order valence-electron chi connectivity index (χ1n) is 5.55. The van der Waals surface area contributed by atoms with Crippen LogP contribution in [0.15, 0.2) is 41.0 Å². The van der Waals surface area contributed by atoms with Gasteiger partial charge in [-0.3, -0.25) is 0 Å². The number of methoxy groups -OCH3 is 1. The summed E-state index contributed by atoms with van der Waals surface area (Å²) in [5.74, 6) is 1.60. The maximum absolute atomic E-state index is 10.1.